The van der Waals surface area contributed by atoms with Gasteiger partial charge in [-0.1, -0.05) is 0 Å². The van der Waals surface area contributed by atoms with Crippen LogP contribution in [-0.4, -0.2) is 23.6 Å². The lowest BCUT2D eigenvalue weighted by Crippen LogP contribution is -2.10. The monoisotopic (exact) mass is 276 g/mol. The molecular weight excluding hydrogens is 271 g/mol. The lowest BCUT2D eigenvalue weighted by atomic mass is 10.2. The van der Waals surface area contributed by atoms with E-state index in [1.165, 1.54) is 7.11 Å². The first kappa shape index (κ1) is 9.15. The lowest BCUT2D eigenvalue weighted by molar-refractivity contribution is -0.135. The van der Waals surface area contributed by atoms with Crippen LogP contribution in [0.25, 0.3) is 5.53 Å². The van der Waals surface area contributed by atoms with Gasteiger partial charge in [-0.25, -0.2) is 4.79 Å². The molecular formula is C7H5IN2O2. The molecule has 0 unspecified atom stereocenters. The number of carbonyl (C=O) groups excluding carboxylic acids is 1. The molecule has 1 rings (SSSR count). The molecule has 0 amide bonds. The highest BCUT2D eigenvalue weighted by molar-refractivity contribution is 14.1. The Kier molecular flexibility index (Phi) is 2.78. The van der Waals surface area contributed by atoms with Gasteiger partial charge in [0, 0.05) is 9.66 Å². The van der Waals surface area contributed by atoms with E-state index < -0.39 is 5.97 Å². The highest BCUT2D eigenvalue weighted by Crippen LogP contribution is 2.20. The van der Waals surface area contributed by atoms with E-state index in [1.807, 2.05) is 22.6 Å². The highest BCUT2D eigenvalue weighted by Gasteiger charge is 2.26. The molecule has 0 aromatic carbocycles. The van der Waals surface area contributed by atoms with Gasteiger partial charge in [-0.15, -0.1) is 0 Å². The standard InChI is InChI=1S/C7H5IN2O2/c1-12-7(11)5-2-4(8)3-6(5)10-9/h2-3H,1H3. The molecule has 0 fully saturated rings. The Morgan fingerprint density at radius 1 is 1.67 bits per heavy atom. The second-order valence-corrected chi connectivity index (χ2v) is 3.31. The number of hydrogen-bond donors (Lipinski definition) is 0. The van der Waals surface area contributed by atoms with Gasteiger partial charge >= 0.3 is 11.7 Å². The number of esters is 1. The second kappa shape index (κ2) is 3.64. The van der Waals surface area contributed by atoms with Crippen molar-refractivity contribution < 1.29 is 14.3 Å². The molecule has 0 radical (unpaired) electrons. The first-order valence-electron chi connectivity index (χ1n) is 3.08. The second-order valence-electron chi connectivity index (χ2n) is 2.06. The van der Waals surface area contributed by atoms with Crippen LogP contribution in [0.5, 0.6) is 0 Å². The summed E-state index contributed by atoms with van der Waals surface area (Å²) in [4.78, 5) is 14.0. The summed E-state index contributed by atoms with van der Waals surface area (Å²) < 4.78 is 5.31. The van der Waals surface area contributed by atoms with E-state index in [-0.39, 0.29) is 11.3 Å². The van der Waals surface area contributed by atoms with Crippen molar-refractivity contribution in [1.29, 1.82) is 0 Å². The van der Waals surface area contributed by atoms with Crippen molar-refractivity contribution in [3.05, 3.63) is 26.8 Å². The zero-order chi connectivity index (χ0) is 9.14. The summed E-state index contributed by atoms with van der Waals surface area (Å²) in [6.45, 7) is 0. The average molecular weight is 276 g/mol. The number of ether oxygens (including phenoxy) is 1. The number of nitrogens with zero attached hydrogens (tertiary/aromatic N) is 2. The van der Waals surface area contributed by atoms with Crippen LogP contribution in [0.4, 0.5) is 0 Å². The molecule has 0 N–H and O–H groups in total. The molecule has 0 saturated carbocycles. The van der Waals surface area contributed by atoms with Gasteiger partial charge in [-0.2, -0.15) is 4.79 Å². The van der Waals surface area contributed by atoms with E-state index in [0.717, 1.165) is 3.58 Å². The molecule has 1 aliphatic carbocycles. The number of hydrogen-bond acceptors (Lipinski definition) is 2. The molecule has 0 atom stereocenters. The molecule has 4 nitrogen and oxygen atoms in total. The zero-order valence-corrected chi connectivity index (χ0v) is 8.40. The largest absolute Gasteiger partial charge is 0.465 e. The smallest absolute Gasteiger partial charge is 0.345 e. The fourth-order valence-electron chi connectivity index (χ4n) is 0.818. The van der Waals surface area contributed by atoms with E-state index in [1.54, 1.807) is 12.2 Å². The van der Waals surface area contributed by atoms with Gasteiger partial charge in [0.2, 0.25) is 0 Å². The molecule has 5 heteroatoms. The van der Waals surface area contributed by atoms with Crippen molar-refractivity contribution in [2.24, 2.45) is 0 Å². The van der Waals surface area contributed by atoms with Crippen LogP contribution in [-0.2, 0) is 9.53 Å². The van der Waals surface area contributed by atoms with Gasteiger partial charge in [0.25, 0.3) is 0 Å². The van der Waals surface area contributed by atoms with Crippen molar-refractivity contribution in [3.8, 4) is 0 Å². The number of methoxy groups -OCH3 is 1. The van der Waals surface area contributed by atoms with Crippen LogP contribution in [0.1, 0.15) is 0 Å². The maximum Gasteiger partial charge on any atom is 0.345 e. The highest BCUT2D eigenvalue weighted by atomic mass is 127. The van der Waals surface area contributed by atoms with Crippen LogP contribution < -0.4 is 0 Å². The molecule has 0 spiro atoms. The molecule has 0 aliphatic heterocycles. The van der Waals surface area contributed by atoms with Crippen LogP contribution in [0.2, 0.25) is 0 Å². The Balaban J connectivity index is 3.04. The van der Waals surface area contributed by atoms with Crippen LogP contribution in [0, 0.1) is 0 Å². The Bertz CT molecular complexity index is 337. The fourth-order valence-corrected chi connectivity index (χ4v) is 1.42. The molecule has 0 bridgehead atoms. The molecule has 0 aromatic heterocycles. The Hall–Kier alpha value is -0.940. The summed E-state index contributed by atoms with van der Waals surface area (Å²) in [5, 5.41) is 0. The fraction of sp³-hybridized carbons (Fsp3) is 0.143. The minimum Gasteiger partial charge on any atom is -0.465 e. The van der Waals surface area contributed by atoms with Crippen LogP contribution in [0.15, 0.2) is 21.3 Å². The topological polar surface area (TPSA) is 62.7 Å². The number of carbonyl (C=O) groups is 1. The molecule has 1 aliphatic rings. The van der Waals surface area contributed by atoms with Gasteiger partial charge in [-0.3, -0.25) is 0 Å². The third kappa shape index (κ3) is 1.62. The molecule has 0 saturated heterocycles. The Morgan fingerprint density at radius 2 is 2.33 bits per heavy atom. The first-order valence-corrected chi connectivity index (χ1v) is 4.16. The van der Waals surface area contributed by atoms with Crippen LogP contribution in [0.3, 0.4) is 0 Å². The molecule has 12 heavy (non-hydrogen) atoms. The van der Waals surface area contributed by atoms with E-state index in [0.29, 0.717) is 0 Å². The van der Waals surface area contributed by atoms with Crippen molar-refractivity contribution in [1.82, 2.24) is 0 Å². The Labute approximate surface area is 82.7 Å². The summed E-state index contributed by atoms with van der Waals surface area (Å²) in [5.74, 6) is -0.495. The summed E-state index contributed by atoms with van der Waals surface area (Å²) in [6.07, 6.45) is 3.19. The van der Waals surface area contributed by atoms with E-state index >= 15 is 0 Å². The molecule has 0 aromatic rings. The van der Waals surface area contributed by atoms with E-state index in [9.17, 15) is 4.79 Å². The van der Waals surface area contributed by atoms with Crippen molar-refractivity contribution >= 4 is 34.3 Å². The maximum absolute atomic E-state index is 11.0. The predicted molar refractivity (Wildman–Crippen MR) is 50.8 cm³/mol. The van der Waals surface area contributed by atoms with Crippen LogP contribution >= 0.6 is 22.6 Å². The van der Waals surface area contributed by atoms with Crippen molar-refractivity contribution in [3.63, 3.8) is 0 Å². The molecule has 62 valence electrons. The normalized spacial score (nSPS) is 15.0. The summed E-state index contributed by atoms with van der Waals surface area (Å²) in [7, 11) is 1.28. The van der Waals surface area contributed by atoms with Gasteiger partial charge in [0.15, 0.2) is 0 Å². The van der Waals surface area contributed by atoms with Gasteiger partial charge in [0.1, 0.15) is 5.57 Å². The predicted octanol–water partition coefficient (Wildman–Crippen LogP) is 1.09. The van der Waals surface area contributed by atoms with Gasteiger partial charge in [0.05, 0.1) is 7.11 Å². The summed E-state index contributed by atoms with van der Waals surface area (Å²) in [6, 6.07) is 0. The SMILES string of the molecule is COC(=O)C1=CC(I)=CC1=[N+]=[N-]. The summed E-state index contributed by atoms with van der Waals surface area (Å²) >= 11 is 2.02. The number of halogens is 1. The molecule has 0 heterocycles. The number of rotatable bonds is 1. The van der Waals surface area contributed by atoms with Gasteiger partial charge in [-0.05, 0) is 28.7 Å². The number of allylic oxidation sites excluding steroid dienone is 3. The minimum absolute atomic E-state index is 0.242. The summed E-state index contributed by atoms with van der Waals surface area (Å²) in [5.41, 5.74) is 9.01. The third-order valence-corrected chi connectivity index (χ3v) is 1.97. The zero-order valence-electron chi connectivity index (χ0n) is 6.24. The van der Waals surface area contributed by atoms with E-state index in [4.69, 9.17) is 5.53 Å². The van der Waals surface area contributed by atoms with Gasteiger partial charge < -0.3 is 10.3 Å². The quantitative estimate of drug-likeness (QED) is 0.311. The minimum atomic E-state index is -0.495. The maximum atomic E-state index is 11.0. The average Bonchev–Trinajstić information content (AvgIpc) is 2.45. The first-order chi connectivity index (χ1) is 5.69. The third-order valence-electron chi connectivity index (χ3n) is 1.35. The van der Waals surface area contributed by atoms with Crippen molar-refractivity contribution in [2.75, 3.05) is 7.11 Å². The lowest BCUT2D eigenvalue weighted by Gasteiger charge is -1.92. The van der Waals surface area contributed by atoms with Crippen molar-refractivity contribution in [2.45, 2.75) is 0 Å². The Morgan fingerprint density at radius 3 is 2.83 bits per heavy atom. The van der Waals surface area contributed by atoms with E-state index in [2.05, 4.69) is 9.53 Å².